The zero-order valence-corrected chi connectivity index (χ0v) is 5.40. The van der Waals surface area contributed by atoms with E-state index in [4.69, 9.17) is 5.73 Å². The van der Waals surface area contributed by atoms with Gasteiger partial charge < -0.3 is 5.73 Å². The van der Waals surface area contributed by atoms with Gasteiger partial charge in [-0.1, -0.05) is 0 Å². The van der Waals surface area contributed by atoms with Crippen LogP contribution < -0.4 is 5.73 Å². The zero-order chi connectivity index (χ0) is 7.07. The van der Waals surface area contributed by atoms with Crippen molar-refractivity contribution < 1.29 is 8.78 Å². The molecule has 1 aliphatic carbocycles. The van der Waals surface area contributed by atoms with E-state index in [2.05, 4.69) is 0 Å². The van der Waals surface area contributed by atoms with E-state index in [0.29, 0.717) is 6.42 Å². The molecule has 0 aliphatic heterocycles. The number of hydrogen-bond acceptors (Lipinski definition) is 1. The monoisotopic (exact) mass is 135 g/mol. The van der Waals surface area contributed by atoms with E-state index >= 15 is 0 Å². The van der Waals surface area contributed by atoms with Crippen molar-refractivity contribution >= 4 is 0 Å². The number of alkyl halides is 2. The Kier molecular flexibility index (Phi) is 1.47. The van der Waals surface area contributed by atoms with Crippen molar-refractivity contribution in [3.8, 4) is 0 Å². The first kappa shape index (κ1) is 6.93. The van der Waals surface area contributed by atoms with E-state index in [-0.39, 0.29) is 12.5 Å². The van der Waals surface area contributed by atoms with Crippen molar-refractivity contribution in [2.45, 2.75) is 31.7 Å². The van der Waals surface area contributed by atoms with Crippen molar-refractivity contribution in [3.05, 3.63) is 0 Å². The Labute approximate surface area is 53.2 Å². The molecule has 9 heavy (non-hydrogen) atoms. The molecule has 1 nitrogen and oxygen atoms in total. The van der Waals surface area contributed by atoms with Gasteiger partial charge in [-0.2, -0.15) is 0 Å². The third-order valence-corrected chi connectivity index (χ3v) is 1.61. The van der Waals surface area contributed by atoms with E-state index in [1.54, 1.807) is 6.92 Å². The smallest absolute Gasteiger partial charge is 0.251 e. The summed E-state index contributed by atoms with van der Waals surface area (Å²) in [4.78, 5) is 0. The molecule has 0 radical (unpaired) electrons. The van der Waals surface area contributed by atoms with Crippen molar-refractivity contribution in [2.24, 2.45) is 11.7 Å². The van der Waals surface area contributed by atoms with Crippen LogP contribution in [0.5, 0.6) is 0 Å². The number of halogens is 2. The van der Waals surface area contributed by atoms with Crippen molar-refractivity contribution in [3.63, 3.8) is 0 Å². The molecule has 0 aromatic carbocycles. The zero-order valence-electron chi connectivity index (χ0n) is 5.40. The second kappa shape index (κ2) is 1.90. The molecule has 1 fully saturated rings. The Hall–Kier alpha value is -0.180. The maximum absolute atomic E-state index is 12.1. The van der Waals surface area contributed by atoms with E-state index in [9.17, 15) is 8.78 Å². The van der Waals surface area contributed by atoms with Crippen LogP contribution in [0.1, 0.15) is 19.8 Å². The lowest BCUT2D eigenvalue weighted by atomic mass is 10.2. The molecule has 0 spiro atoms. The van der Waals surface area contributed by atoms with Crippen LogP contribution in [0.2, 0.25) is 0 Å². The maximum Gasteiger partial charge on any atom is 0.251 e. The first-order valence-corrected chi connectivity index (χ1v) is 3.16. The normalized spacial score (nSPS) is 34.0. The average Bonchev–Trinajstić information content (AvgIpc) is 2.10. The standard InChI is InChI=1S/C6H11F2N/c1-4(9)2-5-3-6(5,7)8/h4-5H,2-3,9H2,1H3/t4-,5?/m1/s1. The first-order chi connectivity index (χ1) is 4.02. The molecule has 0 saturated heterocycles. The van der Waals surface area contributed by atoms with Gasteiger partial charge in [0.15, 0.2) is 0 Å². The molecule has 1 unspecified atom stereocenters. The van der Waals surface area contributed by atoms with Gasteiger partial charge in [-0.15, -0.1) is 0 Å². The van der Waals surface area contributed by atoms with Crippen LogP contribution in [0.25, 0.3) is 0 Å². The summed E-state index contributed by atoms with van der Waals surface area (Å²) in [6.07, 6.45) is 0.515. The molecule has 3 heteroatoms. The quantitative estimate of drug-likeness (QED) is 0.608. The van der Waals surface area contributed by atoms with Crippen molar-refractivity contribution in [1.82, 2.24) is 0 Å². The lowest BCUT2D eigenvalue weighted by Crippen LogP contribution is -2.16. The second-order valence-corrected chi connectivity index (χ2v) is 2.88. The Bertz CT molecular complexity index is 112. The third kappa shape index (κ3) is 1.61. The van der Waals surface area contributed by atoms with Crippen LogP contribution in [-0.4, -0.2) is 12.0 Å². The Morgan fingerprint density at radius 1 is 1.78 bits per heavy atom. The van der Waals surface area contributed by atoms with Gasteiger partial charge in [0.1, 0.15) is 0 Å². The Morgan fingerprint density at radius 3 is 2.33 bits per heavy atom. The molecule has 0 aromatic rings. The molecular formula is C6H11F2N. The van der Waals surface area contributed by atoms with Gasteiger partial charge >= 0.3 is 0 Å². The summed E-state index contributed by atoms with van der Waals surface area (Å²) >= 11 is 0. The fourth-order valence-electron chi connectivity index (χ4n) is 0.974. The van der Waals surface area contributed by atoms with E-state index in [0.717, 1.165) is 0 Å². The molecular weight excluding hydrogens is 124 g/mol. The fraction of sp³-hybridized carbons (Fsp3) is 1.00. The number of hydrogen-bond donors (Lipinski definition) is 1. The number of rotatable bonds is 2. The molecule has 2 atom stereocenters. The largest absolute Gasteiger partial charge is 0.328 e. The predicted molar refractivity (Wildman–Crippen MR) is 31.3 cm³/mol. The van der Waals surface area contributed by atoms with Gasteiger partial charge in [-0.3, -0.25) is 0 Å². The van der Waals surface area contributed by atoms with Gasteiger partial charge in [-0.25, -0.2) is 8.78 Å². The third-order valence-electron chi connectivity index (χ3n) is 1.61. The topological polar surface area (TPSA) is 26.0 Å². The molecule has 1 saturated carbocycles. The fourth-order valence-corrected chi connectivity index (χ4v) is 0.974. The van der Waals surface area contributed by atoms with Crippen molar-refractivity contribution in [1.29, 1.82) is 0 Å². The van der Waals surface area contributed by atoms with Gasteiger partial charge in [0.2, 0.25) is 0 Å². The van der Waals surface area contributed by atoms with Crippen LogP contribution >= 0.6 is 0 Å². The van der Waals surface area contributed by atoms with E-state index in [1.807, 2.05) is 0 Å². The highest BCUT2D eigenvalue weighted by Crippen LogP contribution is 2.50. The molecule has 0 heterocycles. The Morgan fingerprint density at radius 2 is 2.22 bits per heavy atom. The average molecular weight is 135 g/mol. The minimum absolute atomic E-state index is 0.0501. The maximum atomic E-state index is 12.1. The van der Waals surface area contributed by atoms with Gasteiger partial charge in [0.05, 0.1) is 0 Å². The molecule has 2 N–H and O–H groups in total. The van der Waals surface area contributed by atoms with Crippen LogP contribution in [0.15, 0.2) is 0 Å². The minimum Gasteiger partial charge on any atom is -0.328 e. The first-order valence-electron chi connectivity index (χ1n) is 3.16. The Balaban J connectivity index is 2.20. The van der Waals surface area contributed by atoms with Gasteiger partial charge in [-0.05, 0) is 13.3 Å². The van der Waals surface area contributed by atoms with Crippen LogP contribution in [-0.2, 0) is 0 Å². The molecule has 54 valence electrons. The summed E-state index contributed by atoms with van der Waals surface area (Å²) in [5, 5.41) is 0. The molecule has 1 rings (SSSR count). The second-order valence-electron chi connectivity index (χ2n) is 2.88. The highest BCUT2D eigenvalue weighted by Gasteiger charge is 2.56. The van der Waals surface area contributed by atoms with Crippen molar-refractivity contribution in [2.75, 3.05) is 0 Å². The summed E-state index contributed by atoms with van der Waals surface area (Å²) in [7, 11) is 0. The highest BCUT2D eigenvalue weighted by atomic mass is 19.3. The molecule has 1 aliphatic rings. The summed E-state index contributed by atoms with van der Waals surface area (Å²) in [5.41, 5.74) is 5.32. The number of nitrogens with two attached hydrogens (primary N) is 1. The minimum atomic E-state index is -2.38. The summed E-state index contributed by atoms with van der Waals surface area (Å²) < 4.78 is 24.2. The summed E-state index contributed by atoms with van der Waals surface area (Å²) in [5.74, 6) is -2.80. The highest BCUT2D eigenvalue weighted by molar-refractivity contribution is 4.95. The van der Waals surface area contributed by atoms with Gasteiger partial charge in [0, 0.05) is 18.4 Å². The SMILES string of the molecule is C[C@@H](N)CC1CC1(F)F. The van der Waals surface area contributed by atoms with Crippen LogP contribution in [0, 0.1) is 5.92 Å². The van der Waals surface area contributed by atoms with Crippen LogP contribution in [0.3, 0.4) is 0 Å². The summed E-state index contributed by atoms with van der Waals surface area (Å²) in [6.45, 7) is 1.76. The summed E-state index contributed by atoms with van der Waals surface area (Å²) in [6, 6.07) is -0.0802. The lowest BCUT2D eigenvalue weighted by molar-refractivity contribution is 0.0958. The molecule has 0 aromatic heterocycles. The van der Waals surface area contributed by atoms with Gasteiger partial charge in [0.25, 0.3) is 5.92 Å². The van der Waals surface area contributed by atoms with E-state index < -0.39 is 11.8 Å². The van der Waals surface area contributed by atoms with E-state index in [1.165, 1.54) is 0 Å². The lowest BCUT2D eigenvalue weighted by Gasteiger charge is -2.01. The molecule has 0 amide bonds. The van der Waals surface area contributed by atoms with Crippen LogP contribution in [0.4, 0.5) is 8.78 Å². The molecule has 0 bridgehead atoms. The predicted octanol–water partition coefficient (Wildman–Crippen LogP) is 1.38.